The van der Waals surface area contributed by atoms with Crippen LogP contribution in [0.2, 0.25) is 0 Å². The number of hydrogen-bond donors (Lipinski definition) is 4. The maximum absolute atomic E-state index is 13.7. The molecule has 0 radical (unpaired) electrons. The number of anilines is 3. The molecule has 2 fully saturated rings. The number of ether oxygens (including phenoxy) is 3. The summed E-state index contributed by atoms with van der Waals surface area (Å²) in [6.07, 6.45) is -0.814. The van der Waals surface area contributed by atoms with Crippen molar-refractivity contribution < 1.29 is 28.9 Å². The molecule has 4 aromatic rings. The lowest BCUT2D eigenvalue weighted by atomic mass is 9.86. The largest absolute Gasteiger partial charge is 0.492 e. The summed E-state index contributed by atoms with van der Waals surface area (Å²) < 4.78 is 16.7. The van der Waals surface area contributed by atoms with Crippen molar-refractivity contribution >= 4 is 39.8 Å². The quantitative estimate of drug-likeness (QED) is 0.151. The minimum Gasteiger partial charge on any atom is -0.492 e. The van der Waals surface area contributed by atoms with Crippen molar-refractivity contribution in [3.63, 3.8) is 0 Å². The molecular weight excluding hydrogens is 646 g/mol. The van der Waals surface area contributed by atoms with Crippen molar-refractivity contribution in [2.75, 3.05) is 75.7 Å². The zero-order chi connectivity index (χ0) is 36.0. The predicted octanol–water partition coefficient (Wildman–Crippen LogP) is 6.27. The third kappa shape index (κ3) is 8.80. The molecule has 6 rings (SSSR count). The number of amides is 3. The van der Waals surface area contributed by atoms with E-state index in [9.17, 15) is 14.7 Å². The van der Waals surface area contributed by atoms with E-state index in [-0.39, 0.29) is 5.41 Å². The van der Waals surface area contributed by atoms with Crippen LogP contribution in [0.3, 0.4) is 0 Å². The van der Waals surface area contributed by atoms with Gasteiger partial charge in [-0.05, 0) is 57.7 Å². The lowest BCUT2D eigenvalue weighted by molar-refractivity contribution is -0.138. The lowest BCUT2D eigenvalue weighted by Crippen LogP contribution is -2.44. The number of carbonyl (C=O) groups is 2. The molecule has 4 aromatic carbocycles. The number of hydrogen-bond acceptors (Lipinski definition) is 8. The van der Waals surface area contributed by atoms with Crippen LogP contribution in [-0.2, 0) is 26.2 Å². The second kappa shape index (κ2) is 16.1. The van der Waals surface area contributed by atoms with E-state index in [2.05, 4.69) is 51.2 Å². The van der Waals surface area contributed by atoms with Crippen molar-refractivity contribution in [1.82, 2.24) is 9.80 Å². The van der Waals surface area contributed by atoms with Crippen LogP contribution in [0.4, 0.5) is 21.9 Å². The Bertz CT molecular complexity index is 1830. The normalized spacial score (nSPS) is 16.3. The summed E-state index contributed by atoms with van der Waals surface area (Å²) in [4.78, 5) is 30.8. The zero-order valence-electron chi connectivity index (χ0n) is 30.0. The first-order valence-electron chi connectivity index (χ1n) is 17.6. The van der Waals surface area contributed by atoms with Gasteiger partial charge in [-0.15, -0.1) is 0 Å². The number of urea groups is 1. The molecule has 1 atom stereocenters. The molecule has 2 aliphatic heterocycles. The number of nitrogens with one attached hydrogen (secondary N) is 3. The number of benzene rings is 4. The van der Waals surface area contributed by atoms with E-state index in [1.165, 1.54) is 12.7 Å². The minimum atomic E-state index is -1.51. The topological polar surface area (TPSA) is 125 Å². The van der Waals surface area contributed by atoms with Crippen LogP contribution in [0.5, 0.6) is 5.75 Å². The highest BCUT2D eigenvalue weighted by atomic mass is 16.5. The summed E-state index contributed by atoms with van der Waals surface area (Å²) in [6.45, 7) is 12.4. The molecule has 2 aliphatic rings. The Morgan fingerprint density at radius 3 is 2.22 bits per heavy atom. The van der Waals surface area contributed by atoms with Gasteiger partial charge in [-0.25, -0.2) is 4.79 Å². The van der Waals surface area contributed by atoms with E-state index < -0.39 is 18.2 Å². The highest BCUT2D eigenvalue weighted by molar-refractivity contribution is 6.10. The van der Waals surface area contributed by atoms with Gasteiger partial charge in [0.2, 0.25) is 6.23 Å². The van der Waals surface area contributed by atoms with Crippen LogP contribution >= 0.6 is 0 Å². The molecule has 0 aliphatic carbocycles. The lowest BCUT2D eigenvalue weighted by Gasteiger charge is -2.27. The van der Waals surface area contributed by atoms with Crippen LogP contribution in [0.25, 0.3) is 21.9 Å². The predicted molar refractivity (Wildman–Crippen MR) is 201 cm³/mol. The molecule has 2 heterocycles. The number of carbonyl (C=O) groups excluding carboxylic acids is 2. The second-order valence-corrected chi connectivity index (χ2v) is 14.1. The van der Waals surface area contributed by atoms with Gasteiger partial charge in [0.25, 0.3) is 5.91 Å². The smallest absolute Gasteiger partial charge is 0.323 e. The van der Waals surface area contributed by atoms with Gasteiger partial charge in [-0.3, -0.25) is 9.69 Å². The highest BCUT2D eigenvalue weighted by Gasteiger charge is 2.27. The second-order valence-electron chi connectivity index (χ2n) is 14.1. The Kier molecular flexibility index (Phi) is 11.4. The third-order valence-corrected chi connectivity index (χ3v) is 9.41. The Morgan fingerprint density at radius 1 is 0.824 bits per heavy atom. The fraction of sp³-hybridized carbons (Fsp3) is 0.400. The molecular formula is C40H49N5O6. The van der Waals surface area contributed by atoms with Gasteiger partial charge in [0.05, 0.1) is 44.0 Å². The van der Waals surface area contributed by atoms with Crippen molar-refractivity contribution in [1.29, 1.82) is 0 Å². The summed E-state index contributed by atoms with van der Waals surface area (Å²) in [7, 11) is 1.49. The minimum absolute atomic E-state index is 0.293. The average molecular weight is 696 g/mol. The number of fused-ring (bicyclic) bond motifs is 1. The average Bonchev–Trinajstić information content (AvgIpc) is 3.42. The Balaban J connectivity index is 1.22. The molecule has 0 aromatic heterocycles. The van der Waals surface area contributed by atoms with Gasteiger partial charge in [0.15, 0.2) is 5.75 Å². The van der Waals surface area contributed by atoms with Crippen molar-refractivity contribution in [2.45, 2.75) is 45.4 Å². The van der Waals surface area contributed by atoms with Crippen molar-refractivity contribution in [3.8, 4) is 16.9 Å². The fourth-order valence-electron chi connectivity index (χ4n) is 6.57. The SMILES string of the molecule is COc1c(NC(=O)Nc2ccc(-c3ccc(CN4CCOCC4)cc3)c3ccccc23)cc(C(C)(C)C)cc1NC(O)C(=O)N1CCCOCC1. The van der Waals surface area contributed by atoms with Gasteiger partial charge in [0.1, 0.15) is 0 Å². The molecule has 51 heavy (non-hydrogen) atoms. The van der Waals surface area contributed by atoms with Gasteiger partial charge in [-0.2, -0.15) is 0 Å². The van der Waals surface area contributed by atoms with Crippen LogP contribution in [0.15, 0.2) is 72.8 Å². The standard InChI is InChI=1S/C40H49N5O6/c1-40(2,3)29-24-34(41-37(46)38(47)45-16-7-20-50-23-19-45)36(49-4)35(25-29)43-39(48)42-33-15-14-30(31-8-5-6-9-32(31)33)28-12-10-27(11-13-28)26-44-17-21-51-22-18-44/h5-6,8-15,24-25,37,41,46H,7,16-23,26H2,1-4H3,(H2,42,43,48). The molecule has 2 saturated heterocycles. The number of aliphatic hydroxyl groups is 1. The zero-order valence-corrected chi connectivity index (χ0v) is 30.0. The Morgan fingerprint density at radius 2 is 1.49 bits per heavy atom. The van der Waals surface area contributed by atoms with Crippen LogP contribution < -0.4 is 20.7 Å². The first-order chi connectivity index (χ1) is 24.6. The number of methoxy groups -OCH3 is 1. The van der Waals surface area contributed by atoms with E-state index in [1.54, 1.807) is 4.90 Å². The summed E-state index contributed by atoms with van der Waals surface area (Å²) >= 11 is 0. The Labute approximate surface area is 299 Å². The van der Waals surface area contributed by atoms with Crippen molar-refractivity contribution in [2.24, 2.45) is 0 Å². The first-order valence-corrected chi connectivity index (χ1v) is 17.6. The summed E-state index contributed by atoms with van der Waals surface area (Å²) in [6, 6.07) is 23.9. The molecule has 0 spiro atoms. The molecule has 270 valence electrons. The van der Waals surface area contributed by atoms with E-state index in [1.807, 2.05) is 63.2 Å². The monoisotopic (exact) mass is 695 g/mol. The number of aliphatic hydroxyl groups excluding tert-OH is 1. The molecule has 11 heteroatoms. The molecule has 0 bridgehead atoms. The van der Waals surface area contributed by atoms with Gasteiger partial charge < -0.3 is 40.2 Å². The Hall–Kier alpha value is -4.68. The maximum Gasteiger partial charge on any atom is 0.323 e. The molecule has 11 nitrogen and oxygen atoms in total. The number of nitrogens with zero attached hydrogens (tertiary/aromatic N) is 2. The van der Waals surface area contributed by atoms with E-state index in [0.717, 1.165) is 60.3 Å². The third-order valence-electron chi connectivity index (χ3n) is 9.41. The van der Waals surface area contributed by atoms with E-state index in [0.29, 0.717) is 55.5 Å². The summed E-state index contributed by atoms with van der Waals surface area (Å²) in [5, 5.41) is 21.9. The molecule has 4 N–H and O–H groups in total. The first kappa shape index (κ1) is 36.1. The summed E-state index contributed by atoms with van der Waals surface area (Å²) in [5.74, 6) is -0.156. The number of morpholine rings is 1. The molecule has 1 unspecified atom stereocenters. The van der Waals surface area contributed by atoms with Crippen LogP contribution in [0, 0.1) is 0 Å². The van der Waals surface area contributed by atoms with E-state index in [4.69, 9.17) is 14.2 Å². The molecule has 0 saturated carbocycles. The highest BCUT2D eigenvalue weighted by Crippen LogP contribution is 2.40. The molecule has 3 amide bonds. The van der Waals surface area contributed by atoms with E-state index >= 15 is 0 Å². The van der Waals surface area contributed by atoms with Gasteiger partial charge in [0, 0.05) is 44.7 Å². The van der Waals surface area contributed by atoms with Gasteiger partial charge >= 0.3 is 6.03 Å². The fourth-order valence-corrected chi connectivity index (χ4v) is 6.57. The maximum atomic E-state index is 13.7. The van der Waals surface area contributed by atoms with Gasteiger partial charge in [-0.1, -0.05) is 75.4 Å². The number of rotatable bonds is 9. The van der Waals surface area contributed by atoms with Crippen LogP contribution in [-0.4, -0.2) is 92.8 Å². The van der Waals surface area contributed by atoms with Crippen molar-refractivity contribution in [3.05, 3.63) is 83.9 Å². The van der Waals surface area contributed by atoms with Crippen LogP contribution in [0.1, 0.15) is 38.3 Å². The summed E-state index contributed by atoms with van der Waals surface area (Å²) in [5.41, 5.74) is 5.42.